The van der Waals surface area contributed by atoms with E-state index in [0.29, 0.717) is 32.4 Å². The van der Waals surface area contributed by atoms with Gasteiger partial charge in [0.05, 0.1) is 12.2 Å². The summed E-state index contributed by atoms with van der Waals surface area (Å²) < 4.78 is 21.7. The third-order valence-electron chi connectivity index (χ3n) is 5.03. The van der Waals surface area contributed by atoms with E-state index in [1.54, 1.807) is 31.3 Å². The van der Waals surface area contributed by atoms with Crippen LogP contribution in [-0.2, 0) is 9.53 Å². The number of hydrogen-bond donors (Lipinski definition) is 1. The molecule has 2 heterocycles. The van der Waals surface area contributed by atoms with Crippen LogP contribution in [0.3, 0.4) is 0 Å². The van der Waals surface area contributed by atoms with Gasteiger partial charge in [0.1, 0.15) is 16.5 Å². The molecule has 8 heteroatoms. The number of amides is 1. The highest BCUT2D eigenvalue weighted by molar-refractivity contribution is 7.21. The lowest BCUT2D eigenvalue weighted by Gasteiger charge is -2.14. The van der Waals surface area contributed by atoms with Crippen LogP contribution in [0.4, 0.5) is 10.2 Å². The molecule has 2 aromatic heterocycles. The van der Waals surface area contributed by atoms with Gasteiger partial charge >= 0.3 is 5.97 Å². The number of hydrogen-bond acceptors (Lipinski definition) is 5. The lowest BCUT2D eigenvalue weighted by molar-refractivity contribution is -0.119. The predicted octanol–water partition coefficient (Wildman–Crippen LogP) is 4.46. The summed E-state index contributed by atoms with van der Waals surface area (Å²) in [7, 11) is 0. The molecule has 0 saturated heterocycles. The van der Waals surface area contributed by atoms with Crippen molar-refractivity contribution < 1.29 is 18.7 Å². The van der Waals surface area contributed by atoms with Crippen molar-refractivity contribution in [1.29, 1.82) is 0 Å². The van der Waals surface area contributed by atoms with Gasteiger partial charge in [-0.3, -0.25) is 4.79 Å². The van der Waals surface area contributed by atoms with E-state index in [-0.39, 0.29) is 5.82 Å². The molecule has 0 bridgehead atoms. The Bertz CT molecular complexity index is 1040. The Balaban J connectivity index is 1.40. The first-order valence-electron chi connectivity index (χ1n) is 9.22. The van der Waals surface area contributed by atoms with Crippen LogP contribution < -0.4 is 5.32 Å². The molecule has 0 radical (unpaired) electrons. The molecule has 0 atom stereocenters. The van der Waals surface area contributed by atoms with E-state index in [2.05, 4.69) is 10.4 Å². The molecule has 146 valence electrons. The molecule has 1 amide bonds. The number of benzene rings is 1. The van der Waals surface area contributed by atoms with Crippen LogP contribution in [0.15, 0.2) is 30.5 Å². The van der Waals surface area contributed by atoms with Crippen LogP contribution >= 0.6 is 11.3 Å². The molecule has 1 N–H and O–H groups in total. The van der Waals surface area contributed by atoms with Crippen LogP contribution in [-0.4, -0.2) is 28.3 Å². The van der Waals surface area contributed by atoms with Gasteiger partial charge in [-0.1, -0.05) is 18.9 Å². The summed E-state index contributed by atoms with van der Waals surface area (Å²) in [6.45, 7) is 1.27. The number of halogens is 1. The Labute approximate surface area is 165 Å². The number of carbonyl (C=O) groups excluding carboxylic acids is 2. The Morgan fingerprint density at radius 3 is 2.86 bits per heavy atom. The molecule has 3 aromatic rings. The van der Waals surface area contributed by atoms with E-state index in [4.69, 9.17) is 4.74 Å². The van der Waals surface area contributed by atoms with Gasteiger partial charge in [0.25, 0.3) is 5.91 Å². The summed E-state index contributed by atoms with van der Waals surface area (Å²) in [5.74, 6) is -0.827. The number of carbonyl (C=O) groups is 2. The van der Waals surface area contributed by atoms with E-state index >= 15 is 0 Å². The second-order valence-corrected chi connectivity index (χ2v) is 7.94. The van der Waals surface area contributed by atoms with Crippen molar-refractivity contribution in [2.45, 2.75) is 38.6 Å². The Morgan fingerprint density at radius 1 is 1.32 bits per heavy atom. The zero-order valence-electron chi connectivity index (χ0n) is 15.4. The van der Waals surface area contributed by atoms with Gasteiger partial charge in [0, 0.05) is 16.2 Å². The summed E-state index contributed by atoms with van der Waals surface area (Å²) >= 11 is 1.16. The number of nitrogens with zero attached hydrogens (tertiary/aromatic N) is 2. The molecule has 1 fully saturated rings. The van der Waals surface area contributed by atoms with Crippen LogP contribution in [0.25, 0.3) is 10.1 Å². The Kier molecular flexibility index (Phi) is 5.13. The van der Waals surface area contributed by atoms with Gasteiger partial charge in [0.2, 0.25) is 0 Å². The van der Waals surface area contributed by atoms with E-state index < -0.39 is 18.5 Å². The van der Waals surface area contributed by atoms with Crippen molar-refractivity contribution in [1.82, 2.24) is 9.78 Å². The standard InChI is InChI=1S/C20H20FN3O3S/c1-12-18-14(21)7-4-8-15(18)28-19(12)20(26)27-11-17(25)23-16-9-10-22-24(16)13-5-2-3-6-13/h4,7-10,13H,2-3,5-6,11H2,1H3,(H,23,25). The van der Waals surface area contributed by atoms with Crippen LogP contribution in [0.2, 0.25) is 0 Å². The molecule has 1 aliphatic rings. The highest BCUT2D eigenvalue weighted by atomic mass is 32.1. The number of ether oxygens (including phenoxy) is 1. The molecule has 1 aliphatic carbocycles. The molecule has 4 rings (SSSR count). The van der Waals surface area contributed by atoms with Crippen molar-refractivity contribution in [3.05, 3.63) is 46.7 Å². The summed E-state index contributed by atoms with van der Waals surface area (Å²) in [6, 6.07) is 6.74. The van der Waals surface area contributed by atoms with Gasteiger partial charge in [-0.15, -0.1) is 11.3 Å². The summed E-state index contributed by atoms with van der Waals surface area (Å²) in [6.07, 6.45) is 6.05. The molecule has 6 nitrogen and oxygen atoms in total. The molecule has 1 aromatic carbocycles. The normalized spacial score (nSPS) is 14.5. The second kappa shape index (κ2) is 7.71. The number of anilines is 1. The maximum absolute atomic E-state index is 14.0. The van der Waals surface area contributed by atoms with E-state index in [9.17, 15) is 14.0 Å². The van der Waals surface area contributed by atoms with Crippen LogP contribution in [0.5, 0.6) is 0 Å². The first-order chi connectivity index (χ1) is 13.5. The number of esters is 1. The van der Waals surface area contributed by atoms with Gasteiger partial charge in [-0.05, 0) is 37.5 Å². The molecular weight excluding hydrogens is 381 g/mol. The summed E-state index contributed by atoms with van der Waals surface area (Å²) in [5.41, 5.74) is 0.530. The van der Waals surface area contributed by atoms with Crippen LogP contribution in [0.1, 0.15) is 47.0 Å². The highest BCUT2D eigenvalue weighted by Crippen LogP contribution is 2.33. The highest BCUT2D eigenvalue weighted by Gasteiger charge is 2.22. The lowest BCUT2D eigenvalue weighted by atomic mass is 10.1. The number of aromatic nitrogens is 2. The second-order valence-electron chi connectivity index (χ2n) is 6.89. The van der Waals surface area contributed by atoms with Crippen molar-refractivity contribution in [2.24, 2.45) is 0 Å². The number of rotatable bonds is 5. The summed E-state index contributed by atoms with van der Waals surface area (Å²) in [5, 5.41) is 7.47. The number of fused-ring (bicyclic) bond motifs is 1. The van der Waals surface area contributed by atoms with Gasteiger partial charge in [-0.2, -0.15) is 5.10 Å². The lowest BCUT2D eigenvalue weighted by Crippen LogP contribution is -2.23. The van der Waals surface area contributed by atoms with E-state index in [1.165, 1.54) is 6.07 Å². The monoisotopic (exact) mass is 401 g/mol. The minimum atomic E-state index is -0.627. The summed E-state index contributed by atoms with van der Waals surface area (Å²) in [4.78, 5) is 24.9. The predicted molar refractivity (Wildman–Crippen MR) is 105 cm³/mol. The van der Waals surface area contributed by atoms with Crippen molar-refractivity contribution in [3.8, 4) is 0 Å². The zero-order chi connectivity index (χ0) is 19.7. The Morgan fingerprint density at radius 2 is 2.11 bits per heavy atom. The maximum Gasteiger partial charge on any atom is 0.349 e. The van der Waals surface area contributed by atoms with Crippen molar-refractivity contribution >= 4 is 39.1 Å². The van der Waals surface area contributed by atoms with Crippen LogP contribution in [0, 0.1) is 12.7 Å². The SMILES string of the molecule is Cc1c(C(=O)OCC(=O)Nc2ccnn2C2CCCC2)sc2cccc(F)c12. The first kappa shape index (κ1) is 18.6. The van der Waals surface area contributed by atoms with E-state index in [1.807, 2.05) is 4.68 Å². The average Bonchev–Trinajstić information content (AvgIpc) is 3.40. The smallest absolute Gasteiger partial charge is 0.349 e. The first-order valence-corrected chi connectivity index (χ1v) is 10.0. The minimum Gasteiger partial charge on any atom is -0.451 e. The minimum absolute atomic E-state index is 0.295. The maximum atomic E-state index is 14.0. The fourth-order valence-corrected chi connectivity index (χ4v) is 4.79. The average molecular weight is 401 g/mol. The van der Waals surface area contributed by atoms with Gasteiger partial charge in [-0.25, -0.2) is 13.9 Å². The third-order valence-corrected chi connectivity index (χ3v) is 6.27. The molecule has 0 spiro atoms. The molecule has 1 saturated carbocycles. The Hall–Kier alpha value is -2.74. The van der Waals surface area contributed by atoms with Crippen molar-refractivity contribution in [3.63, 3.8) is 0 Å². The fourth-order valence-electron chi connectivity index (χ4n) is 3.68. The number of nitrogens with one attached hydrogen (secondary N) is 1. The van der Waals surface area contributed by atoms with Crippen molar-refractivity contribution in [2.75, 3.05) is 11.9 Å². The zero-order valence-corrected chi connectivity index (χ0v) is 16.2. The van der Waals surface area contributed by atoms with E-state index in [0.717, 1.165) is 37.0 Å². The molecular formula is C20H20FN3O3S. The third kappa shape index (κ3) is 3.52. The quantitative estimate of drug-likeness (QED) is 0.641. The molecule has 28 heavy (non-hydrogen) atoms. The van der Waals surface area contributed by atoms with Gasteiger partial charge in [0.15, 0.2) is 6.61 Å². The molecule has 0 aliphatic heterocycles. The van der Waals surface area contributed by atoms with Gasteiger partial charge < -0.3 is 10.1 Å². The fraction of sp³-hybridized carbons (Fsp3) is 0.350. The molecule has 0 unspecified atom stereocenters. The largest absolute Gasteiger partial charge is 0.451 e. The number of aryl methyl sites for hydroxylation is 1. The topological polar surface area (TPSA) is 73.2 Å². The number of thiophene rings is 1.